The van der Waals surface area contributed by atoms with Crippen LogP contribution in [0.15, 0.2) is 12.7 Å². The highest BCUT2D eigenvalue weighted by Crippen LogP contribution is 2.32. The van der Waals surface area contributed by atoms with Gasteiger partial charge in [0.15, 0.2) is 11.9 Å². The molecule has 3 rings (SSSR count). The first-order valence-electron chi connectivity index (χ1n) is 6.53. The van der Waals surface area contributed by atoms with Crippen molar-refractivity contribution in [3.63, 3.8) is 0 Å². The van der Waals surface area contributed by atoms with Crippen LogP contribution < -0.4 is 0 Å². The predicted molar refractivity (Wildman–Crippen MR) is 71.2 cm³/mol. The minimum absolute atomic E-state index is 0.0809. The van der Waals surface area contributed by atoms with Gasteiger partial charge in [-0.3, -0.25) is 4.57 Å². The standard InChI is InChI=1S/C13H18N4O3/c1-8-10-12(15-6-14-8)17(7-16-10)13-11(19-3)9(4-18-2)5-20-13/h6-7,9,11,13H,4-5H2,1-3H3/t9-,11+,13+/m0/s1. The van der Waals surface area contributed by atoms with E-state index in [-0.39, 0.29) is 18.2 Å². The number of fused-ring (bicyclic) bond motifs is 1. The Bertz CT molecular complexity index is 600. The highest BCUT2D eigenvalue weighted by molar-refractivity contribution is 5.72. The van der Waals surface area contributed by atoms with E-state index < -0.39 is 0 Å². The van der Waals surface area contributed by atoms with Gasteiger partial charge in [-0.15, -0.1) is 0 Å². The van der Waals surface area contributed by atoms with Crippen LogP contribution in [0.25, 0.3) is 11.2 Å². The van der Waals surface area contributed by atoms with E-state index in [9.17, 15) is 0 Å². The number of ether oxygens (including phenoxy) is 3. The topological polar surface area (TPSA) is 71.3 Å². The second-order valence-electron chi connectivity index (χ2n) is 4.92. The summed E-state index contributed by atoms with van der Waals surface area (Å²) in [5, 5.41) is 0. The van der Waals surface area contributed by atoms with E-state index in [0.717, 1.165) is 16.9 Å². The molecule has 20 heavy (non-hydrogen) atoms. The van der Waals surface area contributed by atoms with E-state index >= 15 is 0 Å². The minimum atomic E-state index is -0.237. The van der Waals surface area contributed by atoms with Crippen molar-refractivity contribution in [1.29, 1.82) is 0 Å². The lowest BCUT2D eigenvalue weighted by molar-refractivity contribution is -0.0353. The summed E-state index contributed by atoms with van der Waals surface area (Å²) >= 11 is 0. The molecule has 1 aliphatic heterocycles. The Morgan fingerprint density at radius 3 is 2.95 bits per heavy atom. The third-order valence-electron chi connectivity index (χ3n) is 3.70. The van der Waals surface area contributed by atoms with Gasteiger partial charge in [-0.2, -0.15) is 0 Å². The number of aromatic nitrogens is 4. The van der Waals surface area contributed by atoms with Crippen molar-refractivity contribution in [3.8, 4) is 0 Å². The van der Waals surface area contributed by atoms with Gasteiger partial charge >= 0.3 is 0 Å². The van der Waals surface area contributed by atoms with E-state index in [1.54, 1.807) is 26.9 Å². The summed E-state index contributed by atoms with van der Waals surface area (Å²) in [6.45, 7) is 3.12. The van der Waals surface area contributed by atoms with Gasteiger partial charge in [-0.25, -0.2) is 15.0 Å². The molecule has 0 amide bonds. The first-order valence-corrected chi connectivity index (χ1v) is 6.53. The molecule has 7 heteroatoms. The van der Waals surface area contributed by atoms with Crippen molar-refractivity contribution in [2.45, 2.75) is 19.3 Å². The van der Waals surface area contributed by atoms with Crippen LogP contribution in [-0.4, -0.2) is 53.1 Å². The number of imidazole rings is 1. The number of methoxy groups -OCH3 is 2. The molecule has 2 aromatic rings. The van der Waals surface area contributed by atoms with E-state index in [1.165, 1.54) is 0 Å². The molecule has 0 N–H and O–H groups in total. The monoisotopic (exact) mass is 278 g/mol. The second-order valence-corrected chi connectivity index (χ2v) is 4.92. The average Bonchev–Trinajstić information content (AvgIpc) is 3.03. The van der Waals surface area contributed by atoms with Gasteiger partial charge in [0.05, 0.1) is 25.2 Å². The van der Waals surface area contributed by atoms with Crippen LogP contribution in [0.5, 0.6) is 0 Å². The molecule has 0 unspecified atom stereocenters. The summed E-state index contributed by atoms with van der Waals surface area (Å²) in [4.78, 5) is 12.8. The Balaban J connectivity index is 1.97. The Morgan fingerprint density at radius 1 is 1.35 bits per heavy atom. The maximum absolute atomic E-state index is 5.87. The summed E-state index contributed by atoms with van der Waals surface area (Å²) in [5.41, 5.74) is 2.41. The largest absolute Gasteiger partial charge is 0.384 e. The van der Waals surface area contributed by atoms with Gasteiger partial charge < -0.3 is 14.2 Å². The Hall–Kier alpha value is -1.57. The maximum Gasteiger partial charge on any atom is 0.165 e. The first-order chi connectivity index (χ1) is 9.76. The van der Waals surface area contributed by atoms with Crippen molar-refractivity contribution >= 4 is 11.2 Å². The third kappa shape index (κ3) is 2.07. The molecule has 7 nitrogen and oxygen atoms in total. The zero-order valence-corrected chi connectivity index (χ0v) is 11.8. The van der Waals surface area contributed by atoms with Crippen LogP contribution in [0.4, 0.5) is 0 Å². The van der Waals surface area contributed by atoms with Crippen LogP contribution >= 0.6 is 0 Å². The normalized spacial score (nSPS) is 26.4. The van der Waals surface area contributed by atoms with Gasteiger partial charge in [-0.1, -0.05) is 0 Å². The second kappa shape index (κ2) is 5.43. The summed E-state index contributed by atoms with van der Waals surface area (Å²) in [7, 11) is 3.37. The molecule has 0 spiro atoms. The molecule has 0 radical (unpaired) electrons. The molecule has 3 atom stereocenters. The van der Waals surface area contributed by atoms with Gasteiger partial charge in [0, 0.05) is 20.1 Å². The molecule has 0 aromatic carbocycles. The lowest BCUT2D eigenvalue weighted by atomic mass is 10.1. The van der Waals surface area contributed by atoms with Gasteiger partial charge in [0.2, 0.25) is 0 Å². The fourth-order valence-corrected chi connectivity index (χ4v) is 2.70. The molecular weight excluding hydrogens is 260 g/mol. The van der Waals surface area contributed by atoms with Crippen molar-refractivity contribution in [2.24, 2.45) is 5.92 Å². The predicted octanol–water partition coefficient (Wildman–Crippen LogP) is 0.941. The molecule has 1 aliphatic rings. The van der Waals surface area contributed by atoms with Crippen LogP contribution in [0.3, 0.4) is 0 Å². The van der Waals surface area contributed by atoms with Crippen LogP contribution in [0, 0.1) is 12.8 Å². The molecule has 0 bridgehead atoms. The molecule has 1 saturated heterocycles. The number of rotatable bonds is 4. The van der Waals surface area contributed by atoms with Gasteiger partial charge in [-0.05, 0) is 6.92 Å². The summed E-state index contributed by atoms with van der Waals surface area (Å²) in [5.74, 6) is 0.204. The molecule has 3 heterocycles. The molecule has 0 aliphatic carbocycles. The van der Waals surface area contributed by atoms with Crippen LogP contribution in [-0.2, 0) is 14.2 Å². The summed E-state index contributed by atoms with van der Waals surface area (Å²) in [6, 6.07) is 0. The van der Waals surface area contributed by atoms with Gasteiger partial charge in [0.25, 0.3) is 0 Å². The third-order valence-corrected chi connectivity index (χ3v) is 3.70. The average molecular weight is 278 g/mol. The molecule has 0 saturated carbocycles. The highest BCUT2D eigenvalue weighted by atomic mass is 16.6. The van der Waals surface area contributed by atoms with E-state index in [2.05, 4.69) is 15.0 Å². The number of nitrogens with zero attached hydrogens (tertiary/aromatic N) is 4. The Labute approximate surface area is 116 Å². The smallest absolute Gasteiger partial charge is 0.165 e. The lowest BCUT2D eigenvalue weighted by Crippen LogP contribution is -2.29. The number of hydrogen-bond acceptors (Lipinski definition) is 6. The molecule has 1 fully saturated rings. The fourth-order valence-electron chi connectivity index (χ4n) is 2.70. The van der Waals surface area contributed by atoms with Crippen LogP contribution in [0.1, 0.15) is 11.9 Å². The SMILES string of the molecule is COC[C@H]1CO[C@@H](n2cnc3c(C)ncnc32)[C@@H]1OC. The van der Waals surface area contributed by atoms with E-state index in [4.69, 9.17) is 14.2 Å². The Morgan fingerprint density at radius 2 is 2.20 bits per heavy atom. The zero-order chi connectivity index (χ0) is 14.1. The minimum Gasteiger partial charge on any atom is -0.384 e. The van der Waals surface area contributed by atoms with Crippen LogP contribution in [0.2, 0.25) is 0 Å². The fraction of sp³-hybridized carbons (Fsp3) is 0.615. The Kier molecular flexibility index (Phi) is 3.64. The number of aryl methyl sites for hydroxylation is 1. The summed E-state index contributed by atoms with van der Waals surface area (Å²) in [6.07, 6.45) is 2.96. The molecular formula is C13H18N4O3. The van der Waals surface area contributed by atoms with Crippen molar-refractivity contribution < 1.29 is 14.2 Å². The molecule has 2 aromatic heterocycles. The molecule has 108 valence electrons. The van der Waals surface area contributed by atoms with E-state index in [1.807, 2.05) is 11.5 Å². The quantitative estimate of drug-likeness (QED) is 0.829. The lowest BCUT2D eigenvalue weighted by Gasteiger charge is -2.22. The summed E-state index contributed by atoms with van der Waals surface area (Å²) < 4.78 is 18.6. The van der Waals surface area contributed by atoms with Crippen molar-refractivity contribution in [2.75, 3.05) is 27.4 Å². The maximum atomic E-state index is 5.87. The van der Waals surface area contributed by atoms with E-state index in [0.29, 0.717) is 13.2 Å². The highest BCUT2D eigenvalue weighted by Gasteiger charge is 2.39. The number of hydrogen-bond donors (Lipinski definition) is 0. The van der Waals surface area contributed by atoms with Gasteiger partial charge in [0.1, 0.15) is 17.9 Å². The van der Waals surface area contributed by atoms with Crippen molar-refractivity contribution in [3.05, 3.63) is 18.3 Å². The zero-order valence-electron chi connectivity index (χ0n) is 11.8. The first kappa shape index (κ1) is 13.4. The van der Waals surface area contributed by atoms with Crippen molar-refractivity contribution in [1.82, 2.24) is 19.5 Å².